The van der Waals surface area contributed by atoms with Crippen LogP contribution in [-0.2, 0) is 4.74 Å². The molecule has 1 aromatic heterocycles. The van der Waals surface area contributed by atoms with Crippen LogP contribution in [-0.4, -0.2) is 43.2 Å². The molecule has 2 aliphatic heterocycles. The molecule has 0 bridgehead atoms. The minimum absolute atomic E-state index is 0.0270. The fourth-order valence-electron chi connectivity index (χ4n) is 2.70. The summed E-state index contributed by atoms with van der Waals surface area (Å²) < 4.78 is 5.52. The highest BCUT2D eigenvalue weighted by molar-refractivity contribution is 6.03. The summed E-state index contributed by atoms with van der Waals surface area (Å²) in [5, 5.41) is 6.37. The Labute approximate surface area is 99.6 Å². The number of aromatic nitrogens is 1. The van der Waals surface area contributed by atoms with Crippen LogP contribution < -0.4 is 10.6 Å². The number of rotatable bonds is 3. The highest BCUT2D eigenvalue weighted by Gasteiger charge is 2.67. The van der Waals surface area contributed by atoms with Crippen molar-refractivity contribution in [2.24, 2.45) is 5.41 Å². The van der Waals surface area contributed by atoms with Gasteiger partial charge >= 0.3 is 0 Å². The molecule has 1 atom stereocenters. The maximum absolute atomic E-state index is 12.5. The summed E-state index contributed by atoms with van der Waals surface area (Å²) in [7, 11) is 1.58. The Morgan fingerprint density at radius 2 is 2.29 bits per heavy atom. The van der Waals surface area contributed by atoms with Gasteiger partial charge in [0.25, 0.3) is 0 Å². The lowest BCUT2D eigenvalue weighted by molar-refractivity contribution is -0.186. The summed E-state index contributed by atoms with van der Waals surface area (Å²) in [4.78, 5) is 16.5. The number of pyridine rings is 1. The van der Waals surface area contributed by atoms with E-state index >= 15 is 0 Å². The fourth-order valence-corrected chi connectivity index (χ4v) is 2.70. The summed E-state index contributed by atoms with van der Waals surface area (Å²) >= 11 is 0. The van der Waals surface area contributed by atoms with Crippen LogP contribution in [0.25, 0.3) is 0 Å². The number of nitrogens with one attached hydrogen (secondary N) is 2. The third-order valence-corrected chi connectivity index (χ3v) is 3.90. The monoisotopic (exact) mass is 233 g/mol. The van der Waals surface area contributed by atoms with E-state index in [2.05, 4.69) is 15.6 Å². The average Bonchev–Trinajstić information content (AvgIpc) is 2.28. The molecule has 0 saturated carbocycles. The van der Waals surface area contributed by atoms with E-state index < -0.39 is 5.72 Å². The van der Waals surface area contributed by atoms with Crippen LogP contribution >= 0.6 is 0 Å². The van der Waals surface area contributed by atoms with Crippen molar-refractivity contribution < 1.29 is 9.53 Å². The average molecular weight is 233 g/mol. The standard InChI is InChI=1S/C12H15N3O2/c1-17-12(11(8-15-12)6-14-7-11)10(16)9-3-2-4-13-5-9/h2-5,14-15H,6-8H2,1H3. The Bertz CT molecular complexity index is 435. The Kier molecular flexibility index (Phi) is 2.29. The first-order valence-electron chi connectivity index (χ1n) is 5.70. The quantitative estimate of drug-likeness (QED) is 0.708. The predicted octanol–water partition coefficient (Wildman–Crippen LogP) is -0.200. The van der Waals surface area contributed by atoms with E-state index in [-0.39, 0.29) is 11.2 Å². The molecule has 5 nitrogen and oxygen atoms in total. The molecule has 90 valence electrons. The van der Waals surface area contributed by atoms with Crippen LogP contribution in [0.4, 0.5) is 0 Å². The summed E-state index contributed by atoms with van der Waals surface area (Å²) in [6.07, 6.45) is 3.24. The number of Topliss-reactive ketones (excluding diaryl/α,β-unsaturated/α-hetero) is 1. The third-order valence-electron chi connectivity index (χ3n) is 3.90. The van der Waals surface area contributed by atoms with Crippen LogP contribution in [0.5, 0.6) is 0 Å². The molecule has 0 aromatic carbocycles. The second-order valence-corrected chi connectivity index (χ2v) is 4.69. The van der Waals surface area contributed by atoms with Crippen molar-refractivity contribution in [1.29, 1.82) is 0 Å². The fraction of sp³-hybridized carbons (Fsp3) is 0.500. The number of hydrogen-bond acceptors (Lipinski definition) is 5. The number of carbonyl (C=O) groups is 1. The normalized spacial score (nSPS) is 29.5. The van der Waals surface area contributed by atoms with Crippen molar-refractivity contribution in [2.45, 2.75) is 5.72 Å². The highest BCUT2D eigenvalue weighted by atomic mass is 16.5. The zero-order chi connectivity index (χ0) is 11.9. The summed E-state index contributed by atoms with van der Waals surface area (Å²) in [6.45, 7) is 2.46. The topological polar surface area (TPSA) is 63.2 Å². The molecule has 2 aliphatic rings. The smallest absolute Gasteiger partial charge is 0.211 e. The molecule has 2 fully saturated rings. The molecule has 1 unspecified atom stereocenters. The van der Waals surface area contributed by atoms with Crippen LogP contribution in [0.1, 0.15) is 10.4 Å². The van der Waals surface area contributed by atoms with Crippen LogP contribution in [0.3, 0.4) is 0 Å². The van der Waals surface area contributed by atoms with E-state index in [1.807, 2.05) is 0 Å². The third kappa shape index (κ3) is 1.24. The first-order chi connectivity index (χ1) is 8.24. The Morgan fingerprint density at radius 3 is 2.71 bits per heavy atom. The van der Waals surface area contributed by atoms with Crippen LogP contribution in [0.15, 0.2) is 24.5 Å². The molecule has 2 N–H and O–H groups in total. The van der Waals surface area contributed by atoms with Gasteiger partial charge in [-0.05, 0) is 12.1 Å². The van der Waals surface area contributed by atoms with E-state index in [0.29, 0.717) is 5.56 Å². The van der Waals surface area contributed by atoms with Gasteiger partial charge in [0.1, 0.15) is 0 Å². The number of ketones is 1. The van der Waals surface area contributed by atoms with Crippen molar-refractivity contribution in [3.8, 4) is 0 Å². The lowest BCUT2D eigenvalue weighted by Crippen LogP contribution is -2.86. The number of ether oxygens (including phenoxy) is 1. The van der Waals surface area contributed by atoms with Gasteiger partial charge in [0, 0.05) is 44.7 Å². The van der Waals surface area contributed by atoms with Crippen LogP contribution in [0.2, 0.25) is 0 Å². The number of carbonyl (C=O) groups excluding carboxylic acids is 1. The van der Waals surface area contributed by atoms with Gasteiger partial charge in [0.05, 0.1) is 5.41 Å². The lowest BCUT2D eigenvalue weighted by atomic mass is 9.63. The molecule has 0 radical (unpaired) electrons. The van der Waals surface area contributed by atoms with Gasteiger partial charge in [0.2, 0.25) is 5.78 Å². The Balaban J connectivity index is 1.94. The van der Waals surface area contributed by atoms with E-state index in [1.54, 1.807) is 31.6 Å². The molecule has 0 amide bonds. The molecule has 0 aliphatic carbocycles. The molecular weight excluding hydrogens is 218 g/mol. The molecule has 17 heavy (non-hydrogen) atoms. The lowest BCUT2D eigenvalue weighted by Gasteiger charge is -2.62. The minimum Gasteiger partial charge on any atom is -0.355 e. The Morgan fingerprint density at radius 1 is 1.47 bits per heavy atom. The largest absolute Gasteiger partial charge is 0.355 e. The molecule has 5 heteroatoms. The van der Waals surface area contributed by atoms with Gasteiger partial charge < -0.3 is 10.1 Å². The zero-order valence-electron chi connectivity index (χ0n) is 9.69. The summed E-state index contributed by atoms with van der Waals surface area (Å²) in [5.41, 5.74) is -0.372. The SMILES string of the molecule is COC1(C(=O)c2cccnc2)NCC12CNC2. The van der Waals surface area contributed by atoms with Crippen molar-refractivity contribution in [1.82, 2.24) is 15.6 Å². The first-order valence-corrected chi connectivity index (χ1v) is 5.70. The van der Waals surface area contributed by atoms with Gasteiger partial charge in [-0.15, -0.1) is 0 Å². The number of hydrogen-bond donors (Lipinski definition) is 2. The number of nitrogens with zero attached hydrogens (tertiary/aromatic N) is 1. The van der Waals surface area contributed by atoms with E-state index in [0.717, 1.165) is 19.6 Å². The van der Waals surface area contributed by atoms with Crippen LogP contribution in [0, 0.1) is 5.41 Å². The van der Waals surface area contributed by atoms with Gasteiger partial charge in [-0.3, -0.25) is 15.1 Å². The molecule has 2 saturated heterocycles. The summed E-state index contributed by atoms with van der Waals surface area (Å²) in [5.74, 6) is -0.0270. The van der Waals surface area contributed by atoms with Gasteiger partial charge in [0.15, 0.2) is 5.72 Å². The maximum Gasteiger partial charge on any atom is 0.211 e. The van der Waals surface area contributed by atoms with Crippen molar-refractivity contribution in [3.05, 3.63) is 30.1 Å². The summed E-state index contributed by atoms with van der Waals surface area (Å²) in [6, 6.07) is 3.54. The molecule has 3 rings (SSSR count). The number of methoxy groups -OCH3 is 1. The molecular formula is C12H15N3O2. The maximum atomic E-state index is 12.5. The van der Waals surface area contributed by atoms with Gasteiger partial charge in [-0.2, -0.15) is 0 Å². The van der Waals surface area contributed by atoms with Crippen molar-refractivity contribution in [3.63, 3.8) is 0 Å². The highest BCUT2D eigenvalue weighted by Crippen LogP contribution is 2.44. The van der Waals surface area contributed by atoms with E-state index in [1.165, 1.54) is 0 Å². The molecule has 1 aromatic rings. The predicted molar refractivity (Wildman–Crippen MR) is 61.6 cm³/mol. The van der Waals surface area contributed by atoms with Gasteiger partial charge in [-0.1, -0.05) is 0 Å². The first kappa shape index (κ1) is 10.8. The zero-order valence-corrected chi connectivity index (χ0v) is 9.69. The second-order valence-electron chi connectivity index (χ2n) is 4.69. The molecule has 1 spiro atoms. The molecule has 3 heterocycles. The van der Waals surface area contributed by atoms with E-state index in [4.69, 9.17) is 4.74 Å². The van der Waals surface area contributed by atoms with Gasteiger partial charge in [-0.25, -0.2) is 0 Å². The van der Waals surface area contributed by atoms with Crippen molar-refractivity contribution >= 4 is 5.78 Å². The van der Waals surface area contributed by atoms with Crippen molar-refractivity contribution in [2.75, 3.05) is 26.7 Å². The minimum atomic E-state index is -0.874. The van der Waals surface area contributed by atoms with E-state index in [9.17, 15) is 4.79 Å². The second kappa shape index (κ2) is 3.60. The Hall–Kier alpha value is -1.30.